The second-order valence-corrected chi connectivity index (χ2v) is 24.3. The van der Waals surface area contributed by atoms with Crippen LogP contribution in [0.2, 0.25) is 19.6 Å². The quantitative estimate of drug-likeness (QED) is 0.101. The molecule has 0 fully saturated rings. The first-order chi connectivity index (χ1) is 31.3. The molecule has 0 saturated heterocycles. The minimum Gasteiger partial charge on any atom is -0.557 e. The summed E-state index contributed by atoms with van der Waals surface area (Å²) in [6.45, 7) is 20.8. The number of benzene rings is 6. The summed E-state index contributed by atoms with van der Waals surface area (Å²) in [5, 5.41) is 3.55. The molecule has 4 heterocycles. The van der Waals surface area contributed by atoms with Crippen LogP contribution in [0, 0.1) is 18.2 Å². The Morgan fingerprint density at radius 2 is 1.35 bits per heavy atom. The zero-order valence-electron chi connectivity index (χ0n) is 39.4. The van der Waals surface area contributed by atoms with Crippen molar-refractivity contribution in [2.75, 3.05) is 0 Å². The third kappa shape index (κ3) is 9.44. The maximum Gasteiger partial charge on any atom is 0.133 e. The number of furan rings is 2. The van der Waals surface area contributed by atoms with Crippen molar-refractivity contribution in [2.45, 2.75) is 79.4 Å². The molecular formula is C59H57IrN3O2Si-2. The second kappa shape index (κ2) is 19.4. The smallest absolute Gasteiger partial charge is 0.133 e. The number of fused-ring (bicyclic) bond motifs is 3. The fraction of sp³-hybridized carbons (Fsp3) is 0.220. The Balaban J connectivity index is 0.000000238. The molecule has 0 atom stereocenters. The normalized spacial score (nSPS) is 11.8. The summed E-state index contributed by atoms with van der Waals surface area (Å²) in [4.78, 5) is 9.95. The molecule has 5 nitrogen and oxygen atoms in total. The summed E-state index contributed by atoms with van der Waals surface area (Å²) in [7, 11) is -1.34. The van der Waals surface area contributed by atoms with Gasteiger partial charge in [0.15, 0.2) is 0 Å². The fourth-order valence-electron chi connectivity index (χ4n) is 8.98. The molecule has 0 bridgehead atoms. The molecule has 10 rings (SSSR count). The van der Waals surface area contributed by atoms with E-state index in [2.05, 4.69) is 192 Å². The Kier molecular flexibility index (Phi) is 13.6. The van der Waals surface area contributed by atoms with Crippen LogP contribution in [0.15, 0.2) is 161 Å². The molecule has 0 unspecified atom stereocenters. The topological polar surface area (TPSA) is 57.0 Å². The van der Waals surface area contributed by atoms with Gasteiger partial charge in [-0.1, -0.05) is 150 Å². The Morgan fingerprint density at radius 1 is 0.667 bits per heavy atom. The van der Waals surface area contributed by atoms with E-state index in [4.69, 9.17) is 13.8 Å². The monoisotopic (exact) mass is 1060 g/mol. The van der Waals surface area contributed by atoms with E-state index in [-0.39, 0.29) is 31.9 Å². The molecule has 1 radical (unpaired) electrons. The predicted octanol–water partition coefficient (Wildman–Crippen LogP) is 15.9. The van der Waals surface area contributed by atoms with Gasteiger partial charge in [-0.25, -0.2) is 0 Å². The van der Waals surface area contributed by atoms with Gasteiger partial charge in [-0.15, -0.1) is 35.9 Å². The Bertz CT molecular complexity index is 3230. The van der Waals surface area contributed by atoms with E-state index in [0.717, 1.165) is 73.2 Å². The maximum absolute atomic E-state index is 6.08. The van der Waals surface area contributed by atoms with Crippen molar-refractivity contribution in [3.8, 4) is 50.6 Å². The van der Waals surface area contributed by atoms with Crippen LogP contribution in [-0.2, 0) is 26.5 Å². The van der Waals surface area contributed by atoms with Crippen molar-refractivity contribution in [2.24, 2.45) is 5.92 Å². The number of imidazole rings is 1. The van der Waals surface area contributed by atoms with Crippen molar-refractivity contribution in [1.82, 2.24) is 14.5 Å². The van der Waals surface area contributed by atoms with Crippen LogP contribution in [0.3, 0.4) is 0 Å². The van der Waals surface area contributed by atoms with Crippen molar-refractivity contribution < 1.29 is 28.9 Å². The van der Waals surface area contributed by atoms with E-state index >= 15 is 0 Å². The van der Waals surface area contributed by atoms with Crippen LogP contribution in [0.5, 0.6) is 0 Å². The minimum absolute atomic E-state index is 0. The first-order valence-corrected chi connectivity index (χ1v) is 26.4. The molecule has 66 heavy (non-hydrogen) atoms. The largest absolute Gasteiger partial charge is 0.557 e. The molecule has 0 spiro atoms. The van der Waals surface area contributed by atoms with Gasteiger partial charge in [-0.3, -0.25) is 4.98 Å². The molecule has 0 amide bonds. The van der Waals surface area contributed by atoms with Crippen LogP contribution in [-0.4, -0.2) is 22.6 Å². The summed E-state index contributed by atoms with van der Waals surface area (Å²) >= 11 is 0. The van der Waals surface area contributed by atoms with Gasteiger partial charge in [0, 0.05) is 49.2 Å². The average Bonchev–Trinajstić information content (AvgIpc) is 4.05. The first kappa shape index (κ1) is 46.4. The average molecular weight is 1060 g/mol. The van der Waals surface area contributed by atoms with Gasteiger partial charge in [0.2, 0.25) is 0 Å². The van der Waals surface area contributed by atoms with Crippen molar-refractivity contribution in [3.05, 3.63) is 181 Å². The Morgan fingerprint density at radius 3 is 2.03 bits per heavy atom. The predicted molar refractivity (Wildman–Crippen MR) is 274 cm³/mol. The van der Waals surface area contributed by atoms with Gasteiger partial charge >= 0.3 is 0 Å². The molecule has 0 aliphatic heterocycles. The molecule has 335 valence electrons. The number of hydrogen-bond donors (Lipinski definition) is 0. The van der Waals surface area contributed by atoms with Crippen LogP contribution in [0.25, 0.3) is 83.6 Å². The van der Waals surface area contributed by atoms with Crippen molar-refractivity contribution >= 4 is 46.2 Å². The number of rotatable bonds is 10. The van der Waals surface area contributed by atoms with Gasteiger partial charge in [0.1, 0.15) is 5.58 Å². The Labute approximate surface area is 404 Å². The van der Waals surface area contributed by atoms with Gasteiger partial charge in [-0.05, 0) is 111 Å². The first-order valence-electron chi connectivity index (χ1n) is 22.9. The third-order valence-corrected chi connectivity index (χ3v) is 14.3. The molecule has 7 heteroatoms. The number of aromatic nitrogens is 3. The van der Waals surface area contributed by atoms with E-state index in [1.54, 1.807) is 6.26 Å². The van der Waals surface area contributed by atoms with E-state index in [9.17, 15) is 0 Å². The molecule has 4 aromatic heterocycles. The molecule has 6 aromatic carbocycles. The zero-order chi connectivity index (χ0) is 45.4. The molecule has 0 aliphatic carbocycles. The molecular weight excluding hydrogens is 1000 g/mol. The van der Waals surface area contributed by atoms with E-state index in [1.165, 1.54) is 38.7 Å². The van der Waals surface area contributed by atoms with Gasteiger partial charge in [0.05, 0.1) is 31.2 Å². The number of nitrogens with zero attached hydrogens (tertiary/aromatic N) is 3. The van der Waals surface area contributed by atoms with Crippen LogP contribution in [0.1, 0.15) is 70.1 Å². The van der Waals surface area contributed by atoms with Crippen LogP contribution in [0.4, 0.5) is 0 Å². The molecule has 0 saturated carbocycles. The van der Waals surface area contributed by atoms with Crippen molar-refractivity contribution in [3.63, 3.8) is 0 Å². The molecule has 10 aromatic rings. The fourth-order valence-corrected chi connectivity index (χ4v) is 10.6. The third-order valence-electron chi connectivity index (χ3n) is 12.2. The molecule has 0 aliphatic rings. The summed E-state index contributed by atoms with van der Waals surface area (Å²) in [6, 6.07) is 52.0. The summed E-state index contributed by atoms with van der Waals surface area (Å²) in [6.07, 6.45) is 8.24. The number of para-hydroxylation sites is 2. The van der Waals surface area contributed by atoms with Crippen molar-refractivity contribution in [1.29, 1.82) is 0 Å². The zero-order valence-corrected chi connectivity index (χ0v) is 42.8. The standard InChI is InChI=1S/C41H33N2O2.C18H24NSi.Ir/c1-25(2)32-22-31(27-10-6-5-7-11-27)23-33(26(3)4)40(32)43-37-13-9-8-12-36(37)42-41(43)35-24-45-39-17-15-29(21-34(35)39)28-14-16-38-30(20-28)18-19-44-38;1-14(2)11-16-12-17(15-9-7-6-8-10-15)19-13-18(16)20(3,4)5;/h5-23,25-26H,1-4H3;6-9,12-14H,11H2,1-5H3;/q2*-1;. The van der Waals surface area contributed by atoms with Gasteiger partial charge < -0.3 is 18.4 Å². The summed E-state index contributed by atoms with van der Waals surface area (Å²) < 4.78 is 14.0. The maximum atomic E-state index is 6.08. The SMILES string of the molecule is CC(C)Cc1cc(-c2[c-]cccc2)ncc1[Si](C)(C)C.CC(C)c1cc(-c2ccccc2)cc(C(C)C)c1-n1c(-c2[c-]oc3ccc(-c4ccc5occc5c4)cc23)nc2ccccc21.[Ir]. The van der Waals surface area contributed by atoms with E-state index in [1.807, 2.05) is 36.4 Å². The second-order valence-electron chi connectivity index (χ2n) is 19.3. The van der Waals surface area contributed by atoms with Gasteiger partial charge in [0.25, 0.3) is 0 Å². The van der Waals surface area contributed by atoms with Crippen LogP contribution >= 0.6 is 0 Å². The number of pyridine rings is 1. The van der Waals surface area contributed by atoms with E-state index in [0.29, 0.717) is 5.92 Å². The minimum atomic E-state index is -1.34. The summed E-state index contributed by atoms with van der Waals surface area (Å²) in [5.74, 6) is 2.06. The Hall–Kier alpha value is -6.11. The van der Waals surface area contributed by atoms with Gasteiger partial charge in [-0.2, -0.15) is 0 Å². The summed E-state index contributed by atoms with van der Waals surface area (Å²) in [5.41, 5.74) is 16.5. The number of hydrogen-bond acceptors (Lipinski definition) is 4. The molecule has 0 N–H and O–H groups in total. The van der Waals surface area contributed by atoms with E-state index < -0.39 is 8.07 Å². The van der Waals surface area contributed by atoms with Crippen LogP contribution < -0.4 is 5.19 Å².